The molecule has 1 aliphatic rings. The van der Waals surface area contributed by atoms with Gasteiger partial charge in [-0.15, -0.1) is 23.7 Å². The van der Waals surface area contributed by atoms with Gasteiger partial charge in [-0.25, -0.2) is 0 Å². The van der Waals surface area contributed by atoms with Crippen molar-refractivity contribution in [2.24, 2.45) is 5.73 Å². The van der Waals surface area contributed by atoms with Crippen molar-refractivity contribution < 1.29 is 4.79 Å². The number of likely N-dealkylation sites (tertiary alicyclic amines) is 1. The normalized spacial score (nSPS) is 19.2. The minimum Gasteiger partial charge on any atom is -0.337 e. The van der Waals surface area contributed by atoms with Crippen molar-refractivity contribution in [3.8, 4) is 0 Å². The van der Waals surface area contributed by atoms with Crippen molar-refractivity contribution in [1.29, 1.82) is 0 Å². The summed E-state index contributed by atoms with van der Waals surface area (Å²) >= 11 is 1.63. The molecule has 0 bridgehead atoms. The second kappa shape index (κ2) is 5.90. The van der Waals surface area contributed by atoms with Crippen LogP contribution in [0.2, 0.25) is 0 Å². The van der Waals surface area contributed by atoms with Crippen molar-refractivity contribution in [2.45, 2.75) is 18.9 Å². The van der Waals surface area contributed by atoms with Crippen LogP contribution in [0.4, 0.5) is 0 Å². The third-order valence-corrected chi connectivity index (χ3v) is 4.42. The minimum atomic E-state index is 0. The molecule has 5 heteroatoms. The van der Waals surface area contributed by atoms with Crippen molar-refractivity contribution in [1.82, 2.24) is 4.90 Å². The van der Waals surface area contributed by atoms with Gasteiger partial charge in [-0.1, -0.05) is 18.2 Å². The van der Waals surface area contributed by atoms with Crippen LogP contribution >= 0.6 is 23.7 Å². The number of halogens is 1. The summed E-state index contributed by atoms with van der Waals surface area (Å²) in [5, 5.41) is 3.03. The number of thiophene rings is 1. The van der Waals surface area contributed by atoms with Gasteiger partial charge in [0.05, 0.1) is 5.56 Å². The number of rotatable bonds is 1. The first-order valence-corrected chi connectivity index (χ1v) is 7.15. The molecular weight excluding hydrogens is 280 g/mol. The number of fused-ring (bicyclic) bond motifs is 1. The van der Waals surface area contributed by atoms with Gasteiger partial charge in [0, 0.05) is 34.6 Å². The molecule has 0 saturated carbocycles. The van der Waals surface area contributed by atoms with Gasteiger partial charge in [-0.05, 0) is 18.9 Å². The molecule has 1 aliphatic heterocycles. The average molecular weight is 297 g/mol. The number of benzene rings is 1. The molecular formula is C14H17ClN2OS. The summed E-state index contributed by atoms with van der Waals surface area (Å²) in [6, 6.07) is 8.19. The van der Waals surface area contributed by atoms with E-state index in [4.69, 9.17) is 5.73 Å². The lowest BCUT2D eigenvalue weighted by Crippen LogP contribution is -2.45. The molecule has 1 aromatic carbocycles. The van der Waals surface area contributed by atoms with Crippen LogP contribution in [0.15, 0.2) is 29.6 Å². The van der Waals surface area contributed by atoms with Gasteiger partial charge in [-0.3, -0.25) is 4.79 Å². The van der Waals surface area contributed by atoms with Crippen molar-refractivity contribution in [3.05, 3.63) is 35.2 Å². The van der Waals surface area contributed by atoms with Crippen molar-refractivity contribution in [3.63, 3.8) is 0 Å². The molecule has 0 unspecified atom stereocenters. The maximum Gasteiger partial charge on any atom is 0.255 e. The Morgan fingerprint density at radius 2 is 2.16 bits per heavy atom. The van der Waals surface area contributed by atoms with E-state index in [-0.39, 0.29) is 24.4 Å². The molecule has 0 aliphatic carbocycles. The molecule has 19 heavy (non-hydrogen) atoms. The lowest BCUT2D eigenvalue weighted by atomic mass is 10.1. The fraction of sp³-hybridized carbons (Fsp3) is 0.357. The summed E-state index contributed by atoms with van der Waals surface area (Å²) in [5.74, 6) is 0.127. The highest BCUT2D eigenvalue weighted by Crippen LogP contribution is 2.27. The minimum absolute atomic E-state index is 0. The van der Waals surface area contributed by atoms with Crippen LogP contribution in [0.25, 0.3) is 10.1 Å². The first kappa shape index (κ1) is 14.3. The summed E-state index contributed by atoms with van der Waals surface area (Å²) in [4.78, 5) is 14.4. The number of nitrogens with zero attached hydrogens (tertiary/aromatic N) is 1. The molecule has 2 N–H and O–H groups in total. The third-order valence-electron chi connectivity index (χ3n) is 3.46. The van der Waals surface area contributed by atoms with Gasteiger partial charge in [-0.2, -0.15) is 0 Å². The molecule has 2 aromatic rings. The Bertz CT molecular complexity index is 584. The van der Waals surface area contributed by atoms with Gasteiger partial charge < -0.3 is 10.6 Å². The van der Waals surface area contributed by atoms with Gasteiger partial charge >= 0.3 is 0 Å². The van der Waals surface area contributed by atoms with Crippen LogP contribution < -0.4 is 5.73 Å². The SMILES string of the molecule is Cl.N[C@@H]1CCCN(C(=O)c2csc3ccccc23)C1. The van der Waals surface area contributed by atoms with E-state index in [0.717, 1.165) is 30.3 Å². The molecule has 2 heterocycles. The monoisotopic (exact) mass is 296 g/mol. The molecule has 3 nitrogen and oxygen atoms in total. The fourth-order valence-electron chi connectivity index (χ4n) is 2.51. The molecule has 1 amide bonds. The van der Waals surface area contributed by atoms with Crippen LogP contribution in [0, 0.1) is 0 Å². The maximum atomic E-state index is 12.5. The standard InChI is InChI=1S/C14H16N2OS.ClH/c15-10-4-3-7-16(8-10)14(17)12-9-18-13-6-2-1-5-11(12)13;/h1-2,5-6,9-10H,3-4,7-8,15H2;1H/t10-;/m1./s1. The molecule has 1 saturated heterocycles. The van der Waals surface area contributed by atoms with Crippen LogP contribution in [-0.4, -0.2) is 29.9 Å². The number of hydrogen-bond donors (Lipinski definition) is 1. The molecule has 1 aromatic heterocycles. The Balaban J connectivity index is 0.00000133. The van der Waals surface area contributed by atoms with E-state index >= 15 is 0 Å². The fourth-order valence-corrected chi connectivity index (χ4v) is 3.44. The van der Waals surface area contributed by atoms with E-state index in [1.165, 1.54) is 4.70 Å². The highest BCUT2D eigenvalue weighted by Gasteiger charge is 2.23. The summed E-state index contributed by atoms with van der Waals surface area (Å²) in [5.41, 5.74) is 6.76. The van der Waals surface area contributed by atoms with Crippen LogP contribution in [0.3, 0.4) is 0 Å². The molecule has 0 radical (unpaired) electrons. The second-order valence-electron chi connectivity index (χ2n) is 4.80. The Morgan fingerprint density at radius 3 is 2.95 bits per heavy atom. The van der Waals surface area contributed by atoms with E-state index in [0.29, 0.717) is 6.54 Å². The number of amides is 1. The van der Waals surface area contributed by atoms with Gasteiger partial charge in [0.2, 0.25) is 0 Å². The molecule has 1 fully saturated rings. The summed E-state index contributed by atoms with van der Waals surface area (Å²) in [7, 11) is 0. The predicted octanol–water partition coefficient (Wildman–Crippen LogP) is 2.89. The summed E-state index contributed by atoms with van der Waals surface area (Å²) in [6.45, 7) is 1.51. The second-order valence-corrected chi connectivity index (χ2v) is 5.71. The molecule has 0 spiro atoms. The number of hydrogen-bond acceptors (Lipinski definition) is 3. The highest BCUT2D eigenvalue weighted by atomic mass is 35.5. The van der Waals surface area contributed by atoms with Crippen LogP contribution in [-0.2, 0) is 0 Å². The Hall–Kier alpha value is -1.10. The van der Waals surface area contributed by atoms with E-state index in [9.17, 15) is 4.79 Å². The van der Waals surface area contributed by atoms with Crippen LogP contribution in [0.1, 0.15) is 23.2 Å². The average Bonchev–Trinajstić information content (AvgIpc) is 2.82. The summed E-state index contributed by atoms with van der Waals surface area (Å²) in [6.07, 6.45) is 2.03. The smallest absolute Gasteiger partial charge is 0.255 e. The lowest BCUT2D eigenvalue weighted by Gasteiger charge is -2.30. The maximum absolute atomic E-state index is 12.5. The lowest BCUT2D eigenvalue weighted by molar-refractivity contribution is 0.0711. The third kappa shape index (κ3) is 2.76. The van der Waals surface area contributed by atoms with E-state index < -0.39 is 0 Å². The van der Waals surface area contributed by atoms with Gasteiger partial charge in [0.1, 0.15) is 0 Å². The molecule has 102 valence electrons. The van der Waals surface area contributed by atoms with Crippen LogP contribution in [0.5, 0.6) is 0 Å². The number of piperidine rings is 1. The molecule has 1 atom stereocenters. The highest BCUT2D eigenvalue weighted by molar-refractivity contribution is 7.17. The number of carbonyl (C=O) groups is 1. The quantitative estimate of drug-likeness (QED) is 0.879. The summed E-state index contributed by atoms with van der Waals surface area (Å²) < 4.78 is 1.17. The Morgan fingerprint density at radius 1 is 1.37 bits per heavy atom. The predicted molar refractivity (Wildman–Crippen MR) is 82.2 cm³/mol. The topological polar surface area (TPSA) is 46.3 Å². The zero-order valence-corrected chi connectivity index (χ0v) is 12.2. The Labute approximate surface area is 122 Å². The van der Waals surface area contributed by atoms with E-state index in [1.54, 1.807) is 11.3 Å². The zero-order chi connectivity index (χ0) is 12.5. The van der Waals surface area contributed by atoms with Gasteiger partial charge in [0.25, 0.3) is 5.91 Å². The van der Waals surface area contributed by atoms with Crippen molar-refractivity contribution in [2.75, 3.05) is 13.1 Å². The first-order valence-electron chi connectivity index (χ1n) is 6.27. The first-order chi connectivity index (χ1) is 8.75. The zero-order valence-electron chi connectivity index (χ0n) is 10.5. The van der Waals surface area contributed by atoms with E-state index in [1.807, 2.05) is 28.5 Å². The number of carbonyl (C=O) groups excluding carboxylic acids is 1. The number of nitrogens with two attached hydrogens (primary N) is 1. The Kier molecular flexibility index (Phi) is 4.45. The molecule has 3 rings (SSSR count). The van der Waals surface area contributed by atoms with E-state index in [2.05, 4.69) is 6.07 Å². The van der Waals surface area contributed by atoms with Gasteiger partial charge in [0.15, 0.2) is 0 Å². The largest absolute Gasteiger partial charge is 0.337 e. The van der Waals surface area contributed by atoms with Crippen molar-refractivity contribution >= 4 is 39.7 Å².